The molecule has 3 heteroatoms. The van der Waals surface area contributed by atoms with Gasteiger partial charge in [0.25, 0.3) is 0 Å². The van der Waals surface area contributed by atoms with Gasteiger partial charge in [0.1, 0.15) is 5.69 Å². The highest BCUT2D eigenvalue weighted by Gasteiger charge is 2.08. The van der Waals surface area contributed by atoms with Crippen LogP contribution in [0.1, 0.15) is 21.7 Å². The Kier molecular flexibility index (Phi) is 3.69. The first-order chi connectivity index (χ1) is 8.15. The maximum absolute atomic E-state index is 12.0. The SMILES string of the molecule is Cc1cccc(C(=O)Cc2cccc(Br)c2)n1. The van der Waals surface area contributed by atoms with Crippen LogP contribution in [0.25, 0.3) is 0 Å². The standard InChI is InChI=1S/C14H12BrNO/c1-10-4-2-7-13(16-10)14(17)9-11-5-3-6-12(15)8-11/h2-8H,9H2,1H3. The molecule has 0 fully saturated rings. The van der Waals surface area contributed by atoms with Crippen molar-refractivity contribution < 1.29 is 4.79 Å². The van der Waals surface area contributed by atoms with Crippen LogP contribution in [0, 0.1) is 6.92 Å². The predicted octanol–water partition coefficient (Wildman–Crippen LogP) is 3.58. The van der Waals surface area contributed by atoms with E-state index in [-0.39, 0.29) is 5.78 Å². The molecule has 0 N–H and O–H groups in total. The minimum absolute atomic E-state index is 0.0480. The van der Waals surface area contributed by atoms with Gasteiger partial charge in [0.15, 0.2) is 5.78 Å². The Labute approximate surface area is 109 Å². The summed E-state index contributed by atoms with van der Waals surface area (Å²) in [5, 5.41) is 0. The fourth-order valence-corrected chi connectivity index (χ4v) is 2.07. The Bertz CT molecular complexity index is 551. The minimum Gasteiger partial charge on any atom is -0.292 e. The zero-order valence-corrected chi connectivity index (χ0v) is 11.1. The average Bonchev–Trinajstić information content (AvgIpc) is 2.29. The van der Waals surface area contributed by atoms with Crippen LogP contribution in [0.15, 0.2) is 46.9 Å². The molecule has 1 aromatic carbocycles. The molecule has 0 amide bonds. The van der Waals surface area contributed by atoms with Gasteiger partial charge in [0.05, 0.1) is 0 Å². The van der Waals surface area contributed by atoms with Gasteiger partial charge in [0, 0.05) is 16.6 Å². The van der Waals surface area contributed by atoms with Crippen molar-refractivity contribution in [1.29, 1.82) is 0 Å². The van der Waals surface area contributed by atoms with Gasteiger partial charge in [-0.25, -0.2) is 0 Å². The van der Waals surface area contributed by atoms with Crippen LogP contribution in [0.5, 0.6) is 0 Å². The third-order valence-corrected chi connectivity index (χ3v) is 2.92. The van der Waals surface area contributed by atoms with Gasteiger partial charge in [-0.05, 0) is 36.8 Å². The zero-order chi connectivity index (χ0) is 12.3. The van der Waals surface area contributed by atoms with E-state index in [1.165, 1.54) is 0 Å². The second-order valence-electron chi connectivity index (χ2n) is 3.89. The van der Waals surface area contributed by atoms with Gasteiger partial charge in [-0.15, -0.1) is 0 Å². The molecule has 0 atom stereocenters. The maximum Gasteiger partial charge on any atom is 0.185 e. The lowest BCUT2D eigenvalue weighted by Crippen LogP contribution is -2.06. The van der Waals surface area contributed by atoms with E-state index in [1.807, 2.05) is 43.3 Å². The Hall–Kier alpha value is -1.48. The number of Topliss-reactive ketones (excluding diaryl/α,β-unsaturated/α-hetero) is 1. The first-order valence-electron chi connectivity index (χ1n) is 5.36. The van der Waals surface area contributed by atoms with E-state index in [9.17, 15) is 4.79 Å². The number of aryl methyl sites for hydroxylation is 1. The van der Waals surface area contributed by atoms with Crippen molar-refractivity contribution in [3.8, 4) is 0 Å². The number of rotatable bonds is 3. The highest BCUT2D eigenvalue weighted by atomic mass is 79.9. The first kappa shape index (κ1) is 12.0. The van der Waals surface area contributed by atoms with E-state index < -0.39 is 0 Å². The molecule has 0 aliphatic rings. The van der Waals surface area contributed by atoms with E-state index in [4.69, 9.17) is 0 Å². The Morgan fingerprint density at radius 3 is 2.71 bits per heavy atom. The van der Waals surface area contributed by atoms with Gasteiger partial charge in [-0.1, -0.05) is 34.1 Å². The number of benzene rings is 1. The summed E-state index contributed by atoms with van der Waals surface area (Å²) in [5.41, 5.74) is 2.39. The summed E-state index contributed by atoms with van der Waals surface area (Å²) in [7, 11) is 0. The van der Waals surface area contributed by atoms with Gasteiger partial charge in [0.2, 0.25) is 0 Å². The lowest BCUT2D eigenvalue weighted by Gasteiger charge is -2.02. The van der Waals surface area contributed by atoms with Crippen molar-refractivity contribution in [1.82, 2.24) is 4.98 Å². The second-order valence-corrected chi connectivity index (χ2v) is 4.81. The minimum atomic E-state index is 0.0480. The second kappa shape index (κ2) is 5.23. The van der Waals surface area contributed by atoms with Crippen molar-refractivity contribution >= 4 is 21.7 Å². The molecule has 1 aromatic heterocycles. The van der Waals surface area contributed by atoms with Crippen LogP contribution in [0.4, 0.5) is 0 Å². The molecule has 2 aromatic rings. The van der Waals surface area contributed by atoms with E-state index in [1.54, 1.807) is 6.07 Å². The first-order valence-corrected chi connectivity index (χ1v) is 6.16. The lowest BCUT2D eigenvalue weighted by molar-refractivity contribution is 0.0988. The molecule has 2 nitrogen and oxygen atoms in total. The zero-order valence-electron chi connectivity index (χ0n) is 9.48. The number of hydrogen-bond acceptors (Lipinski definition) is 2. The fourth-order valence-electron chi connectivity index (χ4n) is 1.62. The van der Waals surface area contributed by atoms with Gasteiger partial charge < -0.3 is 0 Å². The third kappa shape index (κ3) is 3.24. The van der Waals surface area contributed by atoms with Crippen LogP contribution in [0.3, 0.4) is 0 Å². The van der Waals surface area contributed by atoms with Crippen molar-refractivity contribution in [2.75, 3.05) is 0 Å². The lowest BCUT2D eigenvalue weighted by atomic mass is 10.1. The smallest absolute Gasteiger partial charge is 0.185 e. The molecule has 1 heterocycles. The maximum atomic E-state index is 12.0. The van der Waals surface area contributed by atoms with E-state index in [2.05, 4.69) is 20.9 Å². The molecular formula is C14H12BrNO. The number of aromatic nitrogens is 1. The van der Waals surface area contributed by atoms with E-state index in [0.717, 1.165) is 15.7 Å². The highest BCUT2D eigenvalue weighted by molar-refractivity contribution is 9.10. The van der Waals surface area contributed by atoms with E-state index in [0.29, 0.717) is 12.1 Å². The number of nitrogens with zero attached hydrogens (tertiary/aromatic N) is 1. The number of carbonyl (C=O) groups excluding carboxylic acids is 1. The van der Waals surface area contributed by atoms with Crippen molar-refractivity contribution in [2.45, 2.75) is 13.3 Å². The van der Waals surface area contributed by atoms with Gasteiger partial charge in [-0.3, -0.25) is 9.78 Å². The molecule has 2 rings (SSSR count). The normalized spacial score (nSPS) is 10.2. The molecule has 0 bridgehead atoms. The Morgan fingerprint density at radius 1 is 1.24 bits per heavy atom. The largest absolute Gasteiger partial charge is 0.292 e. The van der Waals surface area contributed by atoms with E-state index >= 15 is 0 Å². The van der Waals surface area contributed by atoms with Crippen molar-refractivity contribution in [3.63, 3.8) is 0 Å². The number of hydrogen-bond donors (Lipinski definition) is 0. The molecule has 86 valence electrons. The summed E-state index contributed by atoms with van der Waals surface area (Å²) >= 11 is 3.39. The summed E-state index contributed by atoms with van der Waals surface area (Å²) in [6.45, 7) is 1.88. The van der Waals surface area contributed by atoms with Crippen LogP contribution < -0.4 is 0 Å². The molecule has 0 aliphatic carbocycles. The van der Waals surface area contributed by atoms with Gasteiger partial charge >= 0.3 is 0 Å². The molecule has 0 spiro atoms. The molecule has 0 radical (unpaired) electrons. The molecule has 0 unspecified atom stereocenters. The molecule has 0 aliphatic heterocycles. The number of carbonyl (C=O) groups is 1. The van der Waals surface area contributed by atoms with Crippen LogP contribution in [-0.2, 0) is 6.42 Å². The monoisotopic (exact) mass is 289 g/mol. The average molecular weight is 290 g/mol. The van der Waals surface area contributed by atoms with Crippen molar-refractivity contribution in [2.24, 2.45) is 0 Å². The number of halogens is 1. The van der Waals surface area contributed by atoms with Crippen LogP contribution in [-0.4, -0.2) is 10.8 Å². The predicted molar refractivity (Wildman–Crippen MR) is 71.2 cm³/mol. The Morgan fingerprint density at radius 2 is 2.00 bits per heavy atom. The van der Waals surface area contributed by atoms with Crippen LogP contribution in [0.2, 0.25) is 0 Å². The molecule has 0 saturated carbocycles. The third-order valence-electron chi connectivity index (χ3n) is 2.43. The Balaban J connectivity index is 2.17. The fraction of sp³-hybridized carbons (Fsp3) is 0.143. The van der Waals surface area contributed by atoms with Crippen LogP contribution >= 0.6 is 15.9 Å². The topological polar surface area (TPSA) is 30.0 Å². The highest BCUT2D eigenvalue weighted by Crippen LogP contribution is 2.13. The summed E-state index contributed by atoms with van der Waals surface area (Å²) in [5.74, 6) is 0.0480. The molecule has 0 saturated heterocycles. The summed E-state index contributed by atoms with van der Waals surface area (Å²) < 4.78 is 0.986. The molecular weight excluding hydrogens is 278 g/mol. The van der Waals surface area contributed by atoms with Gasteiger partial charge in [-0.2, -0.15) is 0 Å². The number of ketones is 1. The summed E-state index contributed by atoms with van der Waals surface area (Å²) in [6.07, 6.45) is 0.385. The molecule has 17 heavy (non-hydrogen) atoms. The summed E-state index contributed by atoms with van der Waals surface area (Å²) in [6, 6.07) is 13.3. The number of pyridine rings is 1. The quantitative estimate of drug-likeness (QED) is 0.809. The van der Waals surface area contributed by atoms with Crippen molar-refractivity contribution in [3.05, 3.63) is 63.9 Å². The summed E-state index contributed by atoms with van der Waals surface area (Å²) in [4.78, 5) is 16.2.